The summed E-state index contributed by atoms with van der Waals surface area (Å²) < 4.78 is 42.3. The van der Waals surface area contributed by atoms with Crippen LogP contribution in [0.15, 0.2) is 52.6 Å². The van der Waals surface area contributed by atoms with Crippen molar-refractivity contribution in [1.82, 2.24) is 19.9 Å². The van der Waals surface area contributed by atoms with Crippen molar-refractivity contribution in [2.75, 3.05) is 26.4 Å². The van der Waals surface area contributed by atoms with E-state index in [2.05, 4.69) is 19.9 Å². The zero-order valence-electron chi connectivity index (χ0n) is 22.5. The van der Waals surface area contributed by atoms with Crippen LogP contribution in [-0.4, -0.2) is 73.8 Å². The number of aromatic nitrogens is 4. The third-order valence-corrected chi connectivity index (χ3v) is 6.74. The van der Waals surface area contributed by atoms with Crippen molar-refractivity contribution < 1.29 is 42.8 Å². The first kappa shape index (κ1) is 31.2. The molecule has 4 aromatic rings. The highest BCUT2D eigenvalue weighted by Crippen LogP contribution is 2.32. The molecule has 43 heavy (non-hydrogen) atoms. The van der Waals surface area contributed by atoms with E-state index in [0.29, 0.717) is 40.9 Å². The van der Waals surface area contributed by atoms with Crippen molar-refractivity contribution in [1.29, 1.82) is 0 Å². The fraction of sp³-hybridized carbons (Fsp3) is 0.321. The van der Waals surface area contributed by atoms with E-state index in [-0.39, 0.29) is 22.6 Å². The second-order valence-electron chi connectivity index (χ2n) is 9.53. The molecule has 1 fully saturated rings. The van der Waals surface area contributed by atoms with E-state index in [4.69, 9.17) is 19.4 Å². The standard InChI is InChI=1S/C13H14N2O3.C13H12N2O3.C2HF3O2/c2*16-11-6-9(8-1-3-18-4-2-8)5-10-12(11)14-7-15-13(10)17;3-2(4,5)1(6)7/h5-8,16H,1-4H2,(H,14,15,17);1,5-7,16H,2-4H2,(H,14,15,17);(H,6,7). The number of halogens is 3. The van der Waals surface area contributed by atoms with Crippen LogP contribution in [0.5, 0.6) is 11.5 Å². The number of alkyl halides is 3. The van der Waals surface area contributed by atoms with E-state index >= 15 is 0 Å². The van der Waals surface area contributed by atoms with Crippen LogP contribution in [0.4, 0.5) is 13.2 Å². The third-order valence-electron chi connectivity index (χ3n) is 6.74. The minimum absolute atomic E-state index is 0.0287. The molecule has 6 rings (SSSR count). The number of aliphatic carboxylic acids is 1. The number of carboxylic acids is 1. The second-order valence-corrected chi connectivity index (χ2v) is 9.53. The van der Waals surface area contributed by atoms with E-state index in [1.165, 1.54) is 12.7 Å². The topological polar surface area (TPSA) is 188 Å². The van der Waals surface area contributed by atoms with Gasteiger partial charge in [0.05, 0.1) is 36.6 Å². The Bertz CT molecular complexity index is 1760. The number of phenols is 2. The average molecular weight is 605 g/mol. The normalized spacial score (nSPS) is 15.6. The summed E-state index contributed by atoms with van der Waals surface area (Å²) in [6.45, 7) is 2.69. The third kappa shape index (κ3) is 7.75. The minimum Gasteiger partial charge on any atom is -0.506 e. The lowest BCUT2D eigenvalue weighted by molar-refractivity contribution is -0.192. The van der Waals surface area contributed by atoms with Gasteiger partial charge in [-0.05, 0) is 66.1 Å². The first-order valence-corrected chi connectivity index (χ1v) is 13.0. The second kappa shape index (κ2) is 13.5. The Labute approximate surface area is 240 Å². The van der Waals surface area contributed by atoms with Crippen LogP contribution in [-0.2, 0) is 14.3 Å². The molecule has 0 radical (unpaired) electrons. The molecule has 1 saturated heterocycles. The number of hydrogen-bond donors (Lipinski definition) is 5. The smallest absolute Gasteiger partial charge is 0.490 e. The Morgan fingerprint density at radius 2 is 1.42 bits per heavy atom. The van der Waals surface area contributed by atoms with Crippen LogP contribution in [0.2, 0.25) is 0 Å². The van der Waals surface area contributed by atoms with Gasteiger partial charge in [-0.3, -0.25) is 9.59 Å². The van der Waals surface area contributed by atoms with Crippen molar-refractivity contribution in [2.24, 2.45) is 0 Å². The molecular formula is C28H27F3N4O8. The van der Waals surface area contributed by atoms with Gasteiger partial charge >= 0.3 is 12.1 Å². The predicted molar refractivity (Wildman–Crippen MR) is 148 cm³/mol. The number of hydrogen-bond acceptors (Lipinski definition) is 9. The Morgan fingerprint density at radius 1 is 0.860 bits per heavy atom. The molecule has 5 N–H and O–H groups in total. The molecule has 2 aromatic heterocycles. The molecule has 2 aromatic carbocycles. The van der Waals surface area contributed by atoms with Gasteiger partial charge in [0.15, 0.2) is 0 Å². The SMILES string of the molecule is O=C(O)C(F)(F)F.O=c1[nH]cnc2c(O)cc(C3=CCOCC3)cc12.O=c1[nH]cnc2c(O)cc(C3CCOCC3)cc12. The number of nitrogens with one attached hydrogen (secondary N) is 2. The zero-order chi connectivity index (χ0) is 31.1. The maximum absolute atomic E-state index is 11.7. The summed E-state index contributed by atoms with van der Waals surface area (Å²) in [7, 11) is 0. The lowest BCUT2D eigenvalue weighted by atomic mass is 9.91. The molecule has 0 amide bonds. The van der Waals surface area contributed by atoms with Crippen LogP contribution < -0.4 is 11.1 Å². The van der Waals surface area contributed by atoms with Gasteiger partial charge in [0, 0.05) is 13.2 Å². The summed E-state index contributed by atoms with van der Waals surface area (Å²) in [5.74, 6) is -2.32. The van der Waals surface area contributed by atoms with Crippen molar-refractivity contribution in [2.45, 2.75) is 31.4 Å². The van der Waals surface area contributed by atoms with Crippen molar-refractivity contribution in [3.05, 3.63) is 74.8 Å². The maximum Gasteiger partial charge on any atom is 0.490 e. The fourth-order valence-electron chi connectivity index (χ4n) is 4.59. The molecule has 15 heteroatoms. The molecule has 2 aliphatic heterocycles. The summed E-state index contributed by atoms with van der Waals surface area (Å²) in [6.07, 6.45) is 2.10. The van der Waals surface area contributed by atoms with Crippen LogP contribution in [0.1, 0.15) is 36.3 Å². The molecule has 4 heterocycles. The maximum atomic E-state index is 11.7. The van der Waals surface area contributed by atoms with E-state index in [0.717, 1.165) is 49.2 Å². The molecule has 12 nitrogen and oxygen atoms in total. The van der Waals surface area contributed by atoms with Gasteiger partial charge in [-0.2, -0.15) is 13.2 Å². The summed E-state index contributed by atoms with van der Waals surface area (Å²) in [5.41, 5.74) is 3.14. The zero-order valence-corrected chi connectivity index (χ0v) is 22.5. The van der Waals surface area contributed by atoms with Crippen molar-refractivity contribution >= 4 is 33.3 Å². The van der Waals surface area contributed by atoms with Gasteiger partial charge in [-0.15, -0.1) is 0 Å². The van der Waals surface area contributed by atoms with E-state index < -0.39 is 12.1 Å². The van der Waals surface area contributed by atoms with Crippen molar-refractivity contribution in [3.63, 3.8) is 0 Å². The molecule has 2 aliphatic rings. The first-order valence-electron chi connectivity index (χ1n) is 13.0. The predicted octanol–water partition coefficient (Wildman–Crippen LogP) is 3.59. The number of nitrogens with zero attached hydrogens (tertiary/aromatic N) is 2. The van der Waals surface area contributed by atoms with Gasteiger partial charge in [0.1, 0.15) is 22.5 Å². The van der Waals surface area contributed by atoms with Crippen LogP contribution >= 0.6 is 0 Å². The summed E-state index contributed by atoms with van der Waals surface area (Å²) in [4.78, 5) is 45.4. The van der Waals surface area contributed by atoms with E-state index in [1.54, 1.807) is 18.2 Å². The first-order chi connectivity index (χ1) is 20.5. The van der Waals surface area contributed by atoms with Crippen LogP contribution in [0.3, 0.4) is 0 Å². The lowest BCUT2D eigenvalue weighted by Crippen LogP contribution is -2.21. The molecule has 0 aliphatic carbocycles. The molecule has 0 saturated carbocycles. The largest absolute Gasteiger partial charge is 0.506 e. The van der Waals surface area contributed by atoms with Gasteiger partial charge in [0.2, 0.25) is 0 Å². The molecule has 228 valence electrons. The highest BCUT2D eigenvalue weighted by atomic mass is 19.4. The number of fused-ring (bicyclic) bond motifs is 2. The lowest BCUT2D eigenvalue weighted by Gasteiger charge is -2.22. The van der Waals surface area contributed by atoms with E-state index in [9.17, 15) is 33.0 Å². The van der Waals surface area contributed by atoms with E-state index in [1.807, 2.05) is 12.1 Å². The number of ether oxygens (including phenoxy) is 2. The number of rotatable bonds is 2. The Hall–Kier alpha value is -4.76. The number of H-pyrrole nitrogens is 2. The van der Waals surface area contributed by atoms with Crippen molar-refractivity contribution in [3.8, 4) is 11.5 Å². The summed E-state index contributed by atoms with van der Waals surface area (Å²) in [5, 5.41) is 27.9. The average Bonchev–Trinajstić information content (AvgIpc) is 2.99. The van der Waals surface area contributed by atoms with Gasteiger partial charge in [-0.25, -0.2) is 14.8 Å². The Morgan fingerprint density at radius 3 is 1.95 bits per heavy atom. The number of benzene rings is 2. The van der Waals surface area contributed by atoms with Gasteiger partial charge in [-0.1, -0.05) is 6.08 Å². The van der Waals surface area contributed by atoms with Crippen LogP contribution in [0.25, 0.3) is 27.4 Å². The Balaban J connectivity index is 0.000000163. The molecular weight excluding hydrogens is 577 g/mol. The highest BCUT2D eigenvalue weighted by molar-refractivity contribution is 5.87. The quantitative estimate of drug-likeness (QED) is 0.226. The fourth-order valence-corrected chi connectivity index (χ4v) is 4.59. The molecule has 0 unspecified atom stereocenters. The van der Waals surface area contributed by atoms with Gasteiger partial charge < -0.3 is 34.8 Å². The monoisotopic (exact) mass is 604 g/mol. The number of carboxylic acid groups (broad SMARTS) is 1. The molecule has 0 spiro atoms. The highest BCUT2D eigenvalue weighted by Gasteiger charge is 2.38. The van der Waals surface area contributed by atoms with Crippen LogP contribution in [0, 0.1) is 0 Å². The van der Waals surface area contributed by atoms with Gasteiger partial charge in [0.25, 0.3) is 11.1 Å². The number of aromatic hydroxyl groups is 2. The molecule has 0 bridgehead atoms. The molecule has 0 atom stereocenters. The summed E-state index contributed by atoms with van der Waals surface area (Å²) in [6, 6.07) is 6.95. The number of aromatic amines is 2. The Kier molecular flexibility index (Phi) is 9.77. The number of phenolic OH excluding ortho intramolecular Hbond substituents is 2. The summed E-state index contributed by atoms with van der Waals surface area (Å²) >= 11 is 0. The minimum atomic E-state index is -5.08. The number of carbonyl (C=O) groups is 1.